The van der Waals surface area contributed by atoms with E-state index < -0.39 is 6.55 Å². The van der Waals surface area contributed by atoms with E-state index in [9.17, 15) is 8.78 Å². The topological polar surface area (TPSA) is 60.9 Å². The van der Waals surface area contributed by atoms with Gasteiger partial charge in [0, 0.05) is 23.8 Å². The van der Waals surface area contributed by atoms with Gasteiger partial charge < -0.3 is 0 Å². The van der Waals surface area contributed by atoms with Gasteiger partial charge in [0.1, 0.15) is 5.82 Å². The van der Waals surface area contributed by atoms with Crippen LogP contribution in [-0.2, 0) is 5.75 Å². The van der Waals surface area contributed by atoms with Crippen LogP contribution in [0.2, 0.25) is 0 Å². The quantitative estimate of drug-likeness (QED) is 0.693. The molecular formula is C12H12F2N6S. The number of halogens is 2. The van der Waals surface area contributed by atoms with Gasteiger partial charge in [-0.25, -0.2) is 14.5 Å². The molecule has 0 bridgehead atoms. The number of thioether (sulfide) groups is 1. The summed E-state index contributed by atoms with van der Waals surface area (Å²) in [5.74, 6) is 1.06. The smallest absolute Gasteiger partial charge is 0.277 e. The van der Waals surface area contributed by atoms with E-state index >= 15 is 0 Å². The Bertz CT molecular complexity index is 781. The molecule has 3 aromatic heterocycles. The number of nitrogens with zero attached hydrogens (tertiary/aromatic N) is 6. The first-order chi connectivity index (χ1) is 10.0. The van der Waals surface area contributed by atoms with Crippen molar-refractivity contribution in [2.75, 3.05) is 0 Å². The van der Waals surface area contributed by atoms with Gasteiger partial charge in [0.05, 0.1) is 5.75 Å². The van der Waals surface area contributed by atoms with Crippen LogP contribution >= 0.6 is 11.8 Å². The van der Waals surface area contributed by atoms with E-state index in [1.807, 2.05) is 19.9 Å². The molecule has 0 saturated carbocycles. The maximum absolute atomic E-state index is 12.7. The Hall–Kier alpha value is -2.03. The summed E-state index contributed by atoms with van der Waals surface area (Å²) in [5.41, 5.74) is 1.78. The van der Waals surface area contributed by atoms with Crippen molar-refractivity contribution in [1.29, 1.82) is 0 Å². The zero-order valence-electron chi connectivity index (χ0n) is 11.4. The summed E-state index contributed by atoms with van der Waals surface area (Å²) in [4.78, 5) is 12.5. The Morgan fingerprint density at radius 1 is 1.29 bits per heavy atom. The molecule has 0 aromatic carbocycles. The van der Waals surface area contributed by atoms with Gasteiger partial charge in [0.15, 0.2) is 0 Å². The molecule has 0 amide bonds. The first-order valence-electron chi connectivity index (χ1n) is 6.18. The number of aryl methyl sites for hydroxylation is 2. The van der Waals surface area contributed by atoms with Crippen molar-refractivity contribution in [1.82, 2.24) is 29.1 Å². The Balaban J connectivity index is 1.82. The zero-order chi connectivity index (χ0) is 15.0. The first kappa shape index (κ1) is 13.9. The SMILES string of the molecule is Cc1cc(C)n2nc(SCc3nccn3C(F)F)nc2n1. The second-order valence-corrected chi connectivity index (χ2v) is 5.40. The van der Waals surface area contributed by atoms with Crippen LogP contribution in [0.25, 0.3) is 5.78 Å². The standard InChI is InChI=1S/C12H12F2N6S/c1-7-5-8(2)20-11(16-7)17-12(18-20)21-6-9-15-3-4-19(9)10(13)14/h3-5,10H,6H2,1-2H3. The molecule has 0 aliphatic heterocycles. The fraction of sp³-hybridized carbons (Fsp3) is 0.333. The predicted molar refractivity (Wildman–Crippen MR) is 73.3 cm³/mol. The average molecular weight is 310 g/mol. The molecule has 6 nitrogen and oxygen atoms in total. The minimum atomic E-state index is -2.59. The molecule has 0 spiro atoms. The van der Waals surface area contributed by atoms with Crippen LogP contribution in [0.15, 0.2) is 23.6 Å². The number of rotatable bonds is 4. The molecule has 0 atom stereocenters. The lowest BCUT2D eigenvalue weighted by Crippen LogP contribution is -2.02. The summed E-state index contributed by atoms with van der Waals surface area (Å²) in [7, 11) is 0. The maximum Gasteiger partial charge on any atom is 0.319 e. The summed E-state index contributed by atoms with van der Waals surface area (Å²) >= 11 is 1.25. The lowest BCUT2D eigenvalue weighted by Gasteiger charge is -2.04. The summed E-state index contributed by atoms with van der Waals surface area (Å²) in [6.07, 6.45) is 2.61. The number of hydrogen-bond donors (Lipinski definition) is 0. The van der Waals surface area contributed by atoms with Crippen LogP contribution in [-0.4, -0.2) is 29.1 Å². The van der Waals surface area contributed by atoms with Crippen molar-refractivity contribution in [3.05, 3.63) is 35.7 Å². The highest BCUT2D eigenvalue weighted by molar-refractivity contribution is 7.98. The molecule has 0 unspecified atom stereocenters. The van der Waals surface area contributed by atoms with Gasteiger partial charge in [-0.05, 0) is 19.9 Å². The molecule has 0 saturated heterocycles. The predicted octanol–water partition coefficient (Wildman–Crippen LogP) is 2.63. The summed E-state index contributed by atoms with van der Waals surface area (Å²) < 4.78 is 27.9. The molecule has 0 aliphatic carbocycles. The van der Waals surface area contributed by atoms with E-state index in [1.165, 1.54) is 24.2 Å². The van der Waals surface area contributed by atoms with Crippen molar-refractivity contribution in [3.8, 4) is 0 Å². The molecule has 0 radical (unpaired) electrons. The Kier molecular flexibility index (Phi) is 3.58. The molecule has 21 heavy (non-hydrogen) atoms. The zero-order valence-corrected chi connectivity index (χ0v) is 12.2. The van der Waals surface area contributed by atoms with Gasteiger partial charge in [-0.1, -0.05) is 11.8 Å². The monoisotopic (exact) mass is 310 g/mol. The number of imidazole rings is 1. The van der Waals surface area contributed by atoms with Crippen molar-refractivity contribution >= 4 is 17.5 Å². The highest BCUT2D eigenvalue weighted by Gasteiger charge is 2.13. The third-order valence-electron chi connectivity index (χ3n) is 2.89. The molecule has 3 heterocycles. The molecular weight excluding hydrogens is 298 g/mol. The van der Waals surface area contributed by atoms with Crippen LogP contribution in [0.3, 0.4) is 0 Å². The number of alkyl halides is 2. The molecule has 9 heteroatoms. The van der Waals surface area contributed by atoms with Crippen molar-refractivity contribution in [2.24, 2.45) is 0 Å². The Morgan fingerprint density at radius 3 is 2.86 bits per heavy atom. The normalized spacial score (nSPS) is 11.7. The van der Waals surface area contributed by atoms with Gasteiger partial charge in [-0.15, -0.1) is 5.10 Å². The summed E-state index contributed by atoms with van der Waals surface area (Å²) in [5, 5.41) is 4.79. The highest BCUT2D eigenvalue weighted by atomic mass is 32.2. The van der Waals surface area contributed by atoms with Crippen LogP contribution in [0.4, 0.5) is 8.78 Å². The largest absolute Gasteiger partial charge is 0.319 e. The van der Waals surface area contributed by atoms with E-state index in [-0.39, 0.29) is 11.6 Å². The van der Waals surface area contributed by atoms with Gasteiger partial charge in [0.25, 0.3) is 5.78 Å². The molecule has 3 rings (SSSR count). The molecule has 3 aromatic rings. The molecule has 110 valence electrons. The Labute approximate surface area is 123 Å². The fourth-order valence-corrected chi connectivity index (χ4v) is 2.74. The van der Waals surface area contributed by atoms with Crippen LogP contribution in [0.5, 0.6) is 0 Å². The van der Waals surface area contributed by atoms with Gasteiger partial charge >= 0.3 is 6.55 Å². The van der Waals surface area contributed by atoms with Gasteiger partial charge in [0.2, 0.25) is 5.16 Å². The second-order valence-electron chi connectivity index (χ2n) is 4.46. The molecule has 0 aliphatic rings. The average Bonchev–Trinajstić information content (AvgIpc) is 3.01. The van der Waals surface area contributed by atoms with Gasteiger partial charge in [-0.3, -0.25) is 4.57 Å². The van der Waals surface area contributed by atoms with Crippen LogP contribution in [0, 0.1) is 13.8 Å². The third kappa shape index (κ3) is 2.73. The summed E-state index contributed by atoms with van der Waals surface area (Å²) in [6, 6.07) is 1.90. The van der Waals surface area contributed by atoms with E-state index in [1.54, 1.807) is 4.52 Å². The van der Waals surface area contributed by atoms with E-state index in [0.717, 1.165) is 16.0 Å². The number of hydrogen-bond acceptors (Lipinski definition) is 5. The van der Waals surface area contributed by atoms with Gasteiger partial charge in [-0.2, -0.15) is 13.8 Å². The van der Waals surface area contributed by atoms with E-state index in [2.05, 4.69) is 20.1 Å². The lowest BCUT2D eigenvalue weighted by atomic mass is 10.4. The lowest BCUT2D eigenvalue weighted by molar-refractivity contribution is 0.0678. The second kappa shape index (κ2) is 5.40. The van der Waals surface area contributed by atoms with Crippen molar-refractivity contribution in [3.63, 3.8) is 0 Å². The van der Waals surface area contributed by atoms with Crippen LogP contribution < -0.4 is 0 Å². The third-order valence-corrected chi connectivity index (χ3v) is 3.72. The molecule has 0 N–H and O–H groups in total. The number of aromatic nitrogens is 6. The van der Waals surface area contributed by atoms with E-state index in [0.29, 0.717) is 10.9 Å². The van der Waals surface area contributed by atoms with Crippen molar-refractivity contribution in [2.45, 2.75) is 31.3 Å². The fourth-order valence-electron chi connectivity index (χ4n) is 1.97. The summed E-state index contributed by atoms with van der Waals surface area (Å²) in [6.45, 7) is 1.20. The highest BCUT2D eigenvalue weighted by Crippen LogP contribution is 2.22. The molecule has 0 fully saturated rings. The van der Waals surface area contributed by atoms with E-state index in [4.69, 9.17) is 0 Å². The Morgan fingerprint density at radius 2 is 2.10 bits per heavy atom. The minimum Gasteiger partial charge on any atom is -0.277 e. The maximum atomic E-state index is 12.7. The first-order valence-corrected chi connectivity index (χ1v) is 7.17. The number of fused-ring (bicyclic) bond motifs is 1. The van der Waals surface area contributed by atoms with Crippen LogP contribution in [0.1, 0.15) is 23.8 Å². The van der Waals surface area contributed by atoms with Crippen molar-refractivity contribution < 1.29 is 8.78 Å². The minimum absolute atomic E-state index is 0.270.